The molecule has 1 heterocycles. The van der Waals surface area contributed by atoms with Crippen molar-refractivity contribution >= 4 is 70.7 Å². The third kappa shape index (κ3) is 4.00. The van der Waals surface area contributed by atoms with E-state index in [1.54, 1.807) is 0 Å². The first-order valence-electron chi connectivity index (χ1n) is 16.6. The Morgan fingerprint density at radius 1 is 0.367 bits per heavy atom. The molecule has 0 saturated heterocycles. The quantitative estimate of drug-likeness (QED) is 0.142. The molecule has 49 heavy (non-hydrogen) atoms. The average molecular weight is 622 g/mol. The molecule has 0 unspecified atom stereocenters. The molecule has 2 nitrogen and oxygen atoms in total. The minimum Gasteiger partial charge on any atom is -0.456 e. The molecule has 226 valence electrons. The topological polar surface area (TPSA) is 17.5 Å². The van der Waals surface area contributed by atoms with E-state index in [0.29, 0.717) is 5.69 Å². The van der Waals surface area contributed by atoms with E-state index in [0.717, 1.165) is 60.2 Å². The van der Waals surface area contributed by atoms with Crippen molar-refractivity contribution in [3.8, 4) is 33.4 Å². The Hall–Kier alpha value is -6.69. The van der Waals surface area contributed by atoms with Gasteiger partial charge in [0.1, 0.15) is 11.2 Å². The maximum absolute atomic E-state index is 8.09. The summed E-state index contributed by atoms with van der Waals surface area (Å²) in [4.78, 5) is 4.02. The first-order chi connectivity index (χ1) is 24.3. The van der Waals surface area contributed by atoms with Crippen molar-refractivity contribution in [1.29, 1.82) is 0 Å². The molecule has 0 spiro atoms. The first-order valence-corrected chi connectivity index (χ1v) is 16.6. The van der Waals surface area contributed by atoms with E-state index in [4.69, 9.17) is 11.0 Å². The second-order valence-corrected chi connectivity index (χ2v) is 12.6. The summed E-state index contributed by atoms with van der Waals surface area (Å²) in [7, 11) is 0. The van der Waals surface area contributed by atoms with Crippen LogP contribution in [-0.4, -0.2) is 0 Å². The smallest absolute Gasteiger partial charge is 0.202 e. The summed E-state index contributed by atoms with van der Waals surface area (Å²) in [5, 5.41) is 11.1. The summed E-state index contributed by atoms with van der Waals surface area (Å²) in [5.41, 5.74) is 9.46. The Bertz CT molecular complexity index is 2880. The number of benzene rings is 9. The normalized spacial score (nSPS) is 11.7. The van der Waals surface area contributed by atoms with Crippen molar-refractivity contribution in [2.45, 2.75) is 0 Å². The lowest BCUT2D eigenvalue weighted by molar-refractivity contribution is 0.669. The molecular formula is C47H27NO. The summed E-state index contributed by atoms with van der Waals surface area (Å²) >= 11 is 0. The molecule has 0 aliphatic carbocycles. The highest BCUT2D eigenvalue weighted by molar-refractivity contribution is 6.26. The van der Waals surface area contributed by atoms with Gasteiger partial charge in [0.05, 0.1) is 6.57 Å². The van der Waals surface area contributed by atoms with Crippen LogP contribution in [0.15, 0.2) is 168 Å². The second-order valence-electron chi connectivity index (χ2n) is 12.6. The minimum absolute atomic E-state index is 0.694. The molecule has 0 aliphatic heterocycles. The van der Waals surface area contributed by atoms with Gasteiger partial charge >= 0.3 is 0 Å². The van der Waals surface area contributed by atoms with Crippen LogP contribution in [0.1, 0.15) is 0 Å². The van der Waals surface area contributed by atoms with Crippen molar-refractivity contribution in [2.24, 2.45) is 0 Å². The predicted octanol–water partition coefficient (Wildman–Crippen LogP) is 13.8. The average Bonchev–Trinajstić information content (AvgIpc) is 3.54. The highest BCUT2D eigenvalue weighted by Gasteiger charge is 2.21. The minimum atomic E-state index is 0.694. The fourth-order valence-corrected chi connectivity index (χ4v) is 8.06. The molecule has 0 atom stereocenters. The number of hydrogen-bond donors (Lipinski definition) is 0. The van der Waals surface area contributed by atoms with Crippen molar-refractivity contribution < 1.29 is 4.42 Å². The molecule has 9 aromatic carbocycles. The summed E-state index contributed by atoms with van der Waals surface area (Å²) in [5.74, 6) is 0. The molecule has 0 amide bonds. The van der Waals surface area contributed by atoms with Crippen molar-refractivity contribution in [3.63, 3.8) is 0 Å². The van der Waals surface area contributed by atoms with Crippen molar-refractivity contribution in [3.05, 3.63) is 175 Å². The summed E-state index contributed by atoms with van der Waals surface area (Å²) < 4.78 is 6.58. The number of hydrogen-bond acceptors (Lipinski definition) is 1. The van der Waals surface area contributed by atoms with E-state index < -0.39 is 0 Å². The molecule has 0 saturated carbocycles. The SMILES string of the molecule is [C-]#[N+]c1c2ccccc2c(-c2cccc3oc4ccc(-c5c6ccccc6c(-c6ccccc6)c6ccccc56)cc4c23)c2ccccc12. The van der Waals surface area contributed by atoms with E-state index in [1.807, 2.05) is 12.1 Å². The maximum Gasteiger partial charge on any atom is 0.202 e. The van der Waals surface area contributed by atoms with Crippen molar-refractivity contribution in [1.82, 2.24) is 0 Å². The molecule has 2 heteroatoms. The molecule has 0 aliphatic rings. The lowest BCUT2D eigenvalue weighted by Crippen LogP contribution is -1.90. The molecule has 0 bridgehead atoms. The van der Waals surface area contributed by atoms with Gasteiger partial charge in [-0.05, 0) is 94.7 Å². The maximum atomic E-state index is 8.09. The van der Waals surface area contributed by atoms with Gasteiger partial charge in [0, 0.05) is 10.8 Å². The van der Waals surface area contributed by atoms with Gasteiger partial charge in [0.15, 0.2) is 0 Å². The Labute approximate surface area is 282 Å². The highest BCUT2D eigenvalue weighted by Crippen LogP contribution is 2.48. The third-order valence-corrected chi connectivity index (χ3v) is 10.1. The molecule has 10 rings (SSSR count). The molecule has 10 aromatic rings. The fourth-order valence-electron chi connectivity index (χ4n) is 8.06. The predicted molar refractivity (Wildman–Crippen MR) is 206 cm³/mol. The number of fused-ring (bicyclic) bond motifs is 7. The van der Waals surface area contributed by atoms with Crippen LogP contribution in [0.2, 0.25) is 0 Å². The van der Waals surface area contributed by atoms with E-state index in [1.165, 1.54) is 38.2 Å². The molecule has 0 N–H and O–H groups in total. The second kappa shape index (κ2) is 10.7. The van der Waals surface area contributed by atoms with Gasteiger partial charge in [-0.3, -0.25) is 0 Å². The highest BCUT2D eigenvalue weighted by atomic mass is 16.3. The van der Waals surface area contributed by atoms with Crippen LogP contribution in [0.4, 0.5) is 5.69 Å². The standard InChI is InChI=1S/C47H27NO/c1-48-47-37-22-11-9-20-35(37)45(36-21-10-12-23-38(36)47)39-24-13-25-42-46(39)40-28-30(26-27-41(40)49-42)44-33-18-7-5-16-31(33)43(29-14-3-2-4-15-29)32-17-6-8-19-34(32)44/h2-28H. The van der Waals surface area contributed by atoms with Crippen LogP contribution in [0, 0.1) is 6.57 Å². The van der Waals surface area contributed by atoms with E-state index in [2.05, 4.69) is 157 Å². The molecule has 0 fully saturated rings. The van der Waals surface area contributed by atoms with Gasteiger partial charge < -0.3 is 4.42 Å². The van der Waals surface area contributed by atoms with Gasteiger partial charge in [-0.15, -0.1) is 0 Å². The molecule has 0 radical (unpaired) electrons. The molecule has 1 aromatic heterocycles. The van der Waals surface area contributed by atoms with E-state index >= 15 is 0 Å². The van der Waals surface area contributed by atoms with Crippen molar-refractivity contribution in [2.75, 3.05) is 0 Å². The van der Waals surface area contributed by atoms with Crippen LogP contribution >= 0.6 is 0 Å². The number of furan rings is 1. The van der Waals surface area contributed by atoms with Gasteiger partial charge in [0.25, 0.3) is 0 Å². The Morgan fingerprint density at radius 2 is 0.857 bits per heavy atom. The van der Waals surface area contributed by atoms with Crippen LogP contribution in [0.3, 0.4) is 0 Å². The Morgan fingerprint density at radius 3 is 1.41 bits per heavy atom. The number of rotatable bonds is 3. The van der Waals surface area contributed by atoms with Gasteiger partial charge in [0.2, 0.25) is 5.69 Å². The van der Waals surface area contributed by atoms with E-state index in [9.17, 15) is 0 Å². The zero-order valence-electron chi connectivity index (χ0n) is 26.4. The van der Waals surface area contributed by atoms with Gasteiger partial charge in [-0.1, -0.05) is 146 Å². The van der Waals surface area contributed by atoms with E-state index in [-0.39, 0.29) is 0 Å². The summed E-state index contributed by atoms with van der Waals surface area (Å²) in [6, 6.07) is 57.9. The summed E-state index contributed by atoms with van der Waals surface area (Å²) in [6.45, 7) is 8.09. The monoisotopic (exact) mass is 621 g/mol. The molecular weight excluding hydrogens is 595 g/mol. The zero-order chi connectivity index (χ0) is 32.5. The lowest BCUT2D eigenvalue weighted by atomic mass is 9.85. The lowest BCUT2D eigenvalue weighted by Gasteiger charge is -2.18. The largest absolute Gasteiger partial charge is 0.456 e. The van der Waals surface area contributed by atoms with Crippen LogP contribution in [0.25, 0.3) is 103 Å². The fraction of sp³-hybridized carbons (Fsp3) is 0. The van der Waals surface area contributed by atoms with Gasteiger partial charge in [-0.25, -0.2) is 4.85 Å². The van der Waals surface area contributed by atoms with Gasteiger partial charge in [-0.2, -0.15) is 0 Å². The Balaban J connectivity index is 1.31. The Kier molecular flexibility index (Phi) is 5.97. The summed E-state index contributed by atoms with van der Waals surface area (Å²) in [6.07, 6.45) is 0. The van der Waals surface area contributed by atoms with Crippen LogP contribution < -0.4 is 0 Å². The zero-order valence-corrected chi connectivity index (χ0v) is 26.4. The van der Waals surface area contributed by atoms with Crippen LogP contribution in [-0.2, 0) is 0 Å². The first kappa shape index (κ1) is 27.4. The third-order valence-electron chi connectivity index (χ3n) is 10.1. The number of nitrogens with zero attached hydrogens (tertiary/aromatic N) is 1. The van der Waals surface area contributed by atoms with Crippen LogP contribution in [0.5, 0.6) is 0 Å².